The standard InChI is InChI=1S/C18H22N5O10P/c1-30-15-8(4-19-16-12-17(21-6-20-12)23-7-22-16)2-9(3-10(15)24)32-18-14(26)13(25)11(33-18)5-31-34(27,28)29/h2-3,6-7,11,13-14,18,24-26H,4-5H2,1H3,(H2,27,28,29)(H2,19,20,21,22,23)/t11-,13-,14-,18?/m1/s1. The molecule has 1 aliphatic heterocycles. The fraction of sp³-hybridized carbons (Fsp3) is 0.389. The summed E-state index contributed by atoms with van der Waals surface area (Å²) < 4.78 is 31.4. The molecular weight excluding hydrogens is 477 g/mol. The number of aromatic hydroxyl groups is 1. The van der Waals surface area contributed by atoms with Gasteiger partial charge in [-0.1, -0.05) is 0 Å². The highest BCUT2D eigenvalue weighted by molar-refractivity contribution is 7.46. The van der Waals surface area contributed by atoms with Crippen LogP contribution in [0.25, 0.3) is 11.2 Å². The van der Waals surface area contributed by atoms with Crippen molar-refractivity contribution in [2.45, 2.75) is 31.1 Å². The maximum Gasteiger partial charge on any atom is 0.469 e. The number of phosphoric ester groups is 1. The van der Waals surface area contributed by atoms with E-state index in [1.54, 1.807) is 0 Å². The number of phenols is 1. The van der Waals surface area contributed by atoms with Crippen LogP contribution in [0.3, 0.4) is 0 Å². The van der Waals surface area contributed by atoms with Gasteiger partial charge in [0.2, 0.25) is 6.29 Å². The zero-order valence-corrected chi connectivity index (χ0v) is 18.5. The molecule has 0 bridgehead atoms. The largest absolute Gasteiger partial charge is 0.504 e. The van der Waals surface area contributed by atoms with Crippen molar-refractivity contribution in [3.05, 3.63) is 30.4 Å². The highest BCUT2D eigenvalue weighted by atomic mass is 31.2. The second kappa shape index (κ2) is 9.68. The molecule has 0 aliphatic carbocycles. The molecule has 0 spiro atoms. The topological polar surface area (TPSA) is 222 Å². The van der Waals surface area contributed by atoms with Gasteiger partial charge in [0.15, 0.2) is 23.0 Å². The number of aromatic amines is 1. The summed E-state index contributed by atoms with van der Waals surface area (Å²) in [7, 11) is -3.42. The number of anilines is 1. The Morgan fingerprint density at radius 2 is 2.00 bits per heavy atom. The van der Waals surface area contributed by atoms with E-state index in [0.29, 0.717) is 22.5 Å². The second-order valence-corrected chi connectivity index (χ2v) is 8.48. The number of aliphatic hydroxyl groups excluding tert-OH is 2. The summed E-state index contributed by atoms with van der Waals surface area (Å²) in [6, 6.07) is 2.74. The Hall–Kier alpha value is -3.04. The first-order chi connectivity index (χ1) is 16.2. The molecule has 15 nitrogen and oxygen atoms in total. The van der Waals surface area contributed by atoms with E-state index < -0.39 is 39.0 Å². The van der Waals surface area contributed by atoms with Gasteiger partial charge < -0.3 is 49.6 Å². The maximum absolute atomic E-state index is 10.9. The van der Waals surface area contributed by atoms with E-state index in [1.807, 2.05) is 0 Å². The summed E-state index contributed by atoms with van der Waals surface area (Å²) in [5.74, 6) is 0.425. The summed E-state index contributed by atoms with van der Waals surface area (Å²) in [6.45, 7) is -0.541. The van der Waals surface area contributed by atoms with Gasteiger partial charge in [-0.15, -0.1) is 0 Å². The number of hydrogen-bond acceptors (Lipinski definition) is 12. The predicted molar refractivity (Wildman–Crippen MR) is 113 cm³/mol. The van der Waals surface area contributed by atoms with E-state index in [9.17, 15) is 19.9 Å². The number of aromatic nitrogens is 4. The average molecular weight is 499 g/mol. The molecular formula is C18H22N5O10P. The summed E-state index contributed by atoms with van der Waals surface area (Å²) in [6.07, 6.45) is -2.91. The van der Waals surface area contributed by atoms with E-state index in [2.05, 4.69) is 29.8 Å². The second-order valence-electron chi connectivity index (χ2n) is 7.24. The lowest BCUT2D eigenvalue weighted by Crippen LogP contribution is -2.35. The summed E-state index contributed by atoms with van der Waals surface area (Å²) in [5.41, 5.74) is 1.50. The number of nitrogens with zero attached hydrogens (tertiary/aromatic N) is 3. The predicted octanol–water partition coefficient (Wildman–Crippen LogP) is -0.386. The normalized spacial score (nSPS) is 22.7. The Morgan fingerprint density at radius 3 is 2.74 bits per heavy atom. The van der Waals surface area contributed by atoms with E-state index >= 15 is 0 Å². The molecule has 184 valence electrons. The van der Waals surface area contributed by atoms with Gasteiger partial charge in [-0.2, -0.15) is 0 Å². The molecule has 16 heteroatoms. The summed E-state index contributed by atoms with van der Waals surface area (Å²) in [5, 5.41) is 33.8. The van der Waals surface area contributed by atoms with Crippen LogP contribution in [0.15, 0.2) is 24.8 Å². The van der Waals surface area contributed by atoms with Crippen LogP contribution in [0.5, 0.6) is 17.2 Å². The Bertz CT molecular complexity index is 1200. The third kappa shape index (κ3) is 5.20. The van der Waals surface area contributed by atoms with Crippen molar-refractivity contribution >= 4 is 24.8 Å². The molecule has 3 heterocycles. The highest BCUT2D eigenvalue weighted by Crippen LogP contribution is 2.39. The molecule has 34 heavy (non-hydrogen) atoms. The zero-order chi connectivity index (χ0) is 24.5. The number of H-pyrrole nitrogens is 1. The average Bonchev–Trinajstić information content (AvgIpc) is 3.36. The SMILES string of the molecule is COc1c(O)cc(OC2O[C@H](COP(=O)(O)O)[C@@H](O)[C@H]2O)cc1CNc1ncnc2nc[nH]c12. The molecule has 1 aromatic carbocycles. The Balaban J connectivity index is 1.50. The number of imidazole rings is 1. The first-order valence-corrected chi connectivity index (χ1v) is 11.4. The minimum atomic E-state index is -4.80. The number of fused-ring (bicyclic) bond motifs is 1. The molecule has 3 aromatic rings. The molecule has 1 fully saturated rings. The van der Waals surface area contributed by atoms with Gasteiger partial charge in [0, 0.05) is 18.2 Å². The van der Waals surface area contributed by atoms with Crippen molar-refractivity contribution in [1.29, 1.82) is 0 Å². The first-order valence-electron chi connectivity index (χ1n) is 9.82. The van der Waals surface area contributed by atoms with Crippen molar-refractivity contribution in [3.63, 3.8) is 0 Å². The van der Waals surface area contributed by atoms with Crippen LogP contribution in [-0.4, -0.2) is 83.4 Å². The Kier molecular flexibility index (Phi) is 6.86. The lowest BCUT2D eigenvalue weighted by atomic mass is 10.1. The number of aliphatic hydroxyl groups is 2. The van der Waals surface area contributed by atoms with Crippen LogP contribution < -0.4 is 14.8 Å². The number of hydrogen-bond donors (Lipinski definition) is 7. The van der Waals surface area contributed by atoms with Crippen LogP contribution >= 0.6 is 7.82 Å². The van der Waals surface area contributed by atoms with Crippen molar-refractivity contribution in [2.75, 3.05) is 19.0 Å². The molecule has 1 saturated heterocycles. The van der Waals surface area contributed by atoms with Crippen LogP contribution in [0, 0.1) is 0 Å². The molecule has 0 saturated carbocycles. The number of phenolic OH excluding ortho intramolecular Hbond substituents is 1. The van der Waals surface area contributed by atoms with Gasteiger partial charge >= 0.3 is 7.82 Å². The molecule has 0 amide bonds. The number of benzene rings is 1. The van der Waals surface area contributed by atoms with Gasteiger partial charge in [-0.25, -0.2) is 19.5 Å². The smallest absolute Gasteiger partial charge is 0.469 e. The fourth-order valence-corrected chi connectivity index (χ4v) is 3.75. The highest BCUT2D eigenvalue weighted by Gasteiger charge is 2.45. The molecule has 0 radical (unpaired) electrons. The van der Waals surface area contributed by atoms with Gasteiger partial charge in [-0.05, 0) is 6.07 Å². The zero-order valence-electron chi connectivity index (χ0n) is 17.6. The minimum absolute atomic E-state index is 0.0669. The Morgan fingerprint density at radius 1 is 1.21 bits per heavy atom. The molecule has 2 aromatic heterocycles. The van der Waals surface area contributed by atoms with Crippen LogP contribution in [0.4, 0.5) is 5.82 Å². The van der Waals surface area contributed by atoms with Crippen LogP contribution in [0.1, 0.15) is 5.56 Å². The molecule has 1 unspecified atom stereocenters. The summed E-state index contributed by atoms with van der Waals surface area (Å²) in [4.78, 5) is 32.8. The number of rotatable bonds is 9. The van der Waals surface area contributed by atoms with Crippen molar-refractivity contribution in [3.8, 4) is 17.2 Å². The third-order valence-electron chi connectivity index (χ3n) is 4.97. The lowest BCUT2D eigenvalue weighted by molar-refractivity contribution is -0.116. The van der Waals surface area contributed by atoms with Gasteiger partial charge in [0.1, 0.15) is 35.9 Å². The van der Waals surface area contributed by atoms with Gasteiger partial charge in [-0.3, -0.25) is 4.52 Å². The number of methoxy groups -OCH3 is 1. The fourth-order valence-electron chi connectivity index (χ4n) is 3.41. The molecule has 7 N–H and O–H groups in total. The van der Waals surface area contributed by atoms with Crippen molar-refractivity contribution in [2.24, 2.45) is 0 Å². The number of nitrogens with one attached hydrogen (secondary N) is 2. The quantitative estimate of drug-likeness (QED) is 0.186. The van der Waals surface area contributed by atoms with E-state index in [0.717, 1.165) is 0 Å². The van der Waals surface area contributed by atoms with E-state index in [1.165, 1.54) is 31.9 Å². The van der Waals surface area contributed by atoms with E-state index in [4.69, 9.17) is 24.0 Å². The van der Waals surface area contributed by atoms with Crippen LogP contribution in [0.2, 0.25) is 0 Å². The van der Waals surface area contributed by atoms with Crippen molar-refractivity contribution in [1.82, 2.24) is 19.9 Å². The van der Waals surface area contributed by atoms with E-state index in [-0.39, 0.29) is 23.8 Å². The number of phosphoric acid groups is 1. The minimum Gasteiger partial charge on any atom is -0.504 e. The van der Waals surface area contributed by atoms with Crippen LogP contribution in [-0.2, 0) is 20.4 Å². The first kappa shape index (κ1) is 24.1. The molecule has 1 aliphatic rings. The molecule has 4 atom stereocenters. The monoisotopic (exact) mass is 499 g/mol. The molecule has 4 rings (SSSR count). The lowest BCUT2D eigenvalue weighted by Gasteiger charge is -2.19. The third-order valence-corrected chi connectivity index (χ3v) is 5.46. The maximum atomic E-state index is 10.9. The number of ether oxygens (including phenoxy) is 3. The van der Waals surface area contributed by atoms with Crippen molar-refractivity contribution < 1.29 is 48.4 Å². The summed E-state index contributed by atoms with van der Waals surface area (Å²) >= 11 is 0. The Labute approximate surface area is 191 Å². The van der Waals surface area contributed by atoms with Gasteiger partial charge in [0.05, 0.1) is 20.0 Å². The van der Waals surface area contributed by atoms with Gasteiger partial charge in [0.25, 0.3) is 0 Å².